The fraction of sp³-hybridized carbons (Fsp3) is 0.333. The Kier molecular flexibility index (Phi) is 5.54. The molecule has 0 bridgehead atoms. The van der Waals surface area contributed by atoms with E-state index in [2.05, 4.69) is 9.80 Å². The third-order valence-electron chi connectivity index (χ3n) is 4.23. The van der Waals surface area contributed by atoms with Gasteiger partial charge >= 0.3 is 0 Å². The highest BCUT2D eigenvalue weighted by molar-refractivity contribution is 6.35. The number of hydrogen-bond donors (Lipinski definition) is 0. The van der Waals surface area contributed by atoms with E-state index < -0.39 is 0 Å². The second kappa shape index (κ2) is 7.63. The Hall–Kier alpha value is -1.13. The van der Waals surface area contributed by atoms with E-state index in [4.69, 9.17) is 23.2 Å². The maximum Gasteiger partial charge on any atom is 0.123 e. The van der Waals surface area contributed by atoms with Crippen LogP contribution in [0.1, 0.15) is 11.1 Å². The highest BCUT2D eigenvalue weighted by Crippen LogP contribution is 2.26. The van der Waals surface area contributed by atoms with Crippen molar-refractivity contribution in [2.45, 2.75) is 13.1 Å². The Bertz CT molecular complexity index is 632. The molecule has 2 nitrogen and oxygen atoms in total. The summed E-state index contributed by atoms with van der Waals surface area (Å²) in [5, 5.41) is 1.46. The molecule has 1 fully saturated rings. The summed E-state index contributed by atoms with van der Waals surface area (Å²) < 4.78 is 12.9. The number of nitrogens with zero attached hydrogens (tertiary/aromatic N) is 2. The SMILES string of the molecule is Fc1ccc(CN2CCN(Cc3c(Cl)cccc3Cl)CC2)cc1. The van der Waals surface area contributed by atoms with Crippen LogP contribution in [0.3, 0.4) is 0 Å². The number of benzene rings is 2. The molecule has 122 valence electrons. The van der Waals surface area contributed by atoms with E-state index in [1.165, 1.54) is 12.1 Å². The zero-order valence-corrected chi connectivity index (χ0v) is 14.3. The van der Waals surface area contributed by atoms with E-state index in [0.29, 0.717) is 0 Å². The van der Waals surface area contributed by atoms with Crippen molar-refractivity contribution in [3.8, 4) is 0 Å². The lowest BCUT2D eigenvalue weighted by Gasteiger charge is -2.35. The molecule has 5 heteroatoms. The van der Waals surface area contributed by atoms with Gasteiger partial charge in [-0.3, -0.25) is 9.80 Å². The summed E-state index contributed by atoms with van der Waals surface area (Å²) in [6, 6.07) is 12.4. The Labute approximate surface area is 146 Å². The fourth-order valence-electron chi connectivity index (χ4n) is 2.86. The van der Waals surface area contributed by atoms with Crippen LogP contribution in [0.5, 0.6) is 0 Å². The maximum atomic E-state index is 12.9. The third kappa shape index (κ3) is 4.45. The largest absolute Gasteiger partial charge is 0.297 e. The molecule has 1 saturated heterocycles. The first-order chi connectivity index (χ1) is 11.1. The van der Waals surface area contributed by atoms with Gasteiger partial charge in [-0.1, -0.05) is 41.4 Å². The number of hydrogen-bond acceptors (Lipinski definition) is 2. The van der Waals surface area contributed by atoms with Crippen LogP contribution in [0.4, 0.5) is 4.39 Å². The predicted molar refractivity (Wildman–Crippen MR) is 93.4 cm³/mol. The van der Waals surface area contributed by atoms with E-state index >= 15 is 0 Å². The molecule has 23 heavy (non-hydrogen) atoms. The van der Waals surface area contributed by atoms with Gasteiger partial charge in [-0.2, -0.15) is 0 Å². The van der Waals surface area contributed by atoms with Crippen LogP contribution in [0.2, 0.25) is 10.0 Å². The predicted octanol–water partition coefficient (Wildman–Crippen LogP) is 4.45. The summed E-state index contributed by atoms with van der Waals surface area (Å²) in [4.78, 5) is 4.76. The lowest BCUT2D eigenvalue weighted by molar-refractivity contribution is 0.122. The summed E-state index contributed by atoms with van der Waals surface area (Å²) in [6.07, 6.45) is 0. The summed E-state index contributed by atoms with van der Waals surface area (Å²) in [6.45, 7) is 5.56. The Morgan fingerprint density at radius 1 is 0.783 bits per heavy atom. The maximum absolute atomic E-state index is 12.9. The van der Waals surface area contributed by atoms with Gasteiger partial charge in [-0.15, -0.1) is 0 Å². The molecule has 0 aromatic heterocycles. The summed E-state index contributed by atoms with van der Waals surface area (Å²) in [5.41, 5.74) is 2.15. The minimum absolute atomic E-state index is 0.185. The topological polar surface area (TPSA) is 6.48 Å². The molecule has 0 spiro atoms. The lowest BCUT2D eigenvalue weighted by Crippen LogP contribution is -2.45. The van der Waals surface area contributed by atoms with Crippen molar-refractivity contribution in [3.63, 3.8) is 0 Å². The molecule has 1 aliphatic heterocycles. The standard InChI is InChI=1S/C18H19Cl2FN2/c19-17-2-1-3-18(20)16(17)13-23-10-8-22(9-11-23)12-14-4-6-15(21)7-5-14/h1-7H,8-13H2. The van der Waals surface area contributed by atoms with Crippen LogP contribution in [-0.2, 0) is 13.1 Å². The van der Waals surface area contributed by atoms with Gasteiger partial charge in [0.2, 0.25) is 0 Å². The highest BCUT2D eigenvalue weighted by Gasteiger charge is 2.18. The zero-order valence-electron chi connectivity index (χ0n) is 12.8. The van der Waals surface area contributed by atoms with Crippen LogP contribution >= 0.6 is 23.2 Å². The number of halogens is 3. The van der Waals surface area contributed by atoms with E-state index in [-0.39, 0.29) is 5.82 Å². The van der Waals surface area contributed by atoms with E-state index in [1.54, 1.807) is 0 Å². The first-order valence-corrected chi connectivity index (χ1v) is 8.49. The van der Waals surface area contributed by atoms with Crippen molar-refractivity contribution >= 4 is 23.2 Å². The molecule has 0 radical (unpaired) electrons. The van der Waals surface area contributed by atoms with Gasteiger partial charge in [0.15, 0.2) is 0 Å². The molecule has 0 unspecified atom stereocenters. The van der Waals surface area contributed by atoms with Crippen LogP contribution < -0.4 is 0 Å². The molecule has 3 rings (SSSR count). The molecule has 0 atom stereocenters. The summed E-state index contributed by atoms with van der Waals surface area (Å²) in [5.74, 6) is -0.185. The second-order valence-corrected chi connectivity index (χ2v) is 6.69. The second-order valence-electron chi connectivity index (χ2n) is 5.88. The molecule has 1 aliphatic rings. The molecular weight excluding hydrogens is 334 g/mol. The van der Waals surface area contributed by atoms with E-state index in [1.807, 2.05) is 30.3 Å². The van der Waals surface area contributed by atoms with Crippen LogP contribution in [-0.4, -0.2) is 36.0 Å². The molecular formula is C18H19Cl2FN2. The summed E-state index contributed by atoms with van der Waals surface area (Å²) >= 11 is 12.5. The molecule has 1 heterocycles. The quantitative estimate of drug-likeness (QED) is 0.801. The van der Waals surface area contributed by atoms with Crippen LogP contribution in [0, 0.1) is 5.82 Å². The average Bonchev–Trinajstić information content (AvgIpc) is 2.55. The van der Waals surface area contributed by atoms with Crippen molar-refractivity contribution in [2.75, 3.05) is 26.2 Å². The van der Waals surface area contributed by atoms with E-state index in [0.717, 1.165) is 60.4 Å². The normalized spacial score (nSPS) is 16.7. The smallest absolute Gasteiger partial charge is 0.123 e. The van der Waals surface area contributed by atoms with Crippen molar-refractivity contribution in [1.82, 2.24) is 9.80 Å². The first-order valence-electron chi connectivity index (χ1n) is 7.74. The Balaban J connectivity index is 1.53. The van der Waals surface area contributed by atoms with Crippen molar-refractivity contribution in [1.29, 1.82) is 0 Å². The van der Waals surface area contributed by atoms with E-state index in [9.17, 15) is 4.39 Å². The van der Waals surface area contributed by atoms with Gasteiger partial charge in [0.05, 0.1) is 0 Å². The number of piperazine rings is 1. The minimum Gasteiger partial charge on any atom is -0.297 e. The highest BCUT2D eigenvalue weighted by atomic mass is 35.5. The van der Waals surface area contributed by atoms with Crippen molar-refractivity contribution < 1.29 is 4.39 Å². The third-order valence-corrected chi connectivity index (χ3v) is 4.94. The molecule has 0 N–H and O–H groups in total. The Morgan fingerprint density at radius 2 is 1.30 bits per heavy atom. The van der Waals surface area contributed by atoms with Crippen LogP contribution in [0.25, 0.3) is 0 Å². The average molecular weight is 353 g/mol. The van der Waals surface area contributed by atoms with Gasteiger partial charge in [-0.25, -0.2) is 4.39 Å². The van der Waals surface area contributed by atoms with Gasteiger partial charge < -0.3 is 0 Å². The zero-order chi connectivity index (χ0) is 16.2. The molecule has 0 amide bonds. The van der Waals surface area contributed by atoms with Gasteiger partial charge in [-0.05, 0) is 29.8 Å². The number of rotatable bonds is 4. The van der Waals surface area contributed by atoms with Crippen molar-refractivity contribution in [2.24, 2.45) is 0 Å². The van der Waals surface area contributed by atoms with Gasteiger partial charge in [0.1, 0.15) is 5.82 Å². The monoisotopic (exact) mass is 352 g/mol. The van der Waals surface area contributed by atoms with Crippen molar-refractivity contribution in [3.05, 3.63) is 69.5 Å². The Morgan fingerprint density at radius 3 is 1.87 bits per heavy atom. The molecule has 0 saturated carbocycles. The van der Waals surface area contributed by atoms with Gasteiger partial charge in [0, 0.05) is 54.9 Å². The summed E-state index contributed by atoms with van der Waals surface area (Å²) in [7, 11) is 0. The lowest BCUT2D eigenvalue weighted by atomic mass is 10.1. The molecule has 2 aromatic carbocycles. The van der Waals surface area contributed by atoms with Gasteiger partial charge in [0.25, 0.3) is 0 Å². The van der Waals surface area contributed by atoms with Crippen LogP contribution in [0.15, 0.2) is 42.5 Å². The first kappa shape index (κ1) is 16.7. The minimum atomic E-state index is -0.185. The molecule has 2 aromatic rings. The fourth-order valence-corrected chi connectivity index (χ4v) is 3.38. The molecule has 0 aliphatic carbocycles.